The third kappa shape index (κ3) is 3.94. The molecule has 22 heavy (non-hydrogen) atoms. The van der Waals surface area contributed by atoms with Gasteiger partial charge in [-0.15, -0.1) is 0 Å². The van der Waals surface area contributed by atoms with Gasteiger partial charge < -0.3 is 4.74 Å². The Morgan fingerprint density at radius 2 is 2.05 bits per heavy atom. The summed E-state index contributed by atoms with van der Waals surface area (Å²) in [6.45, 7) is 3.93. The lowest BCUT2D eigenvalue weighted by Gasteiger charge is -2.19. The van der Waals surface area contributed by atoms with E-state index < -0.39 is 5.76 Å². The Labute approximate surface area is 128 Å². The Morgan fingerprint density at radius 3 is 2.68 bits per heavy atom. The Hall–Kier alpha value is -2.15. The van der Waals surface area contributed by atoms with Gasteiger partial charge in [-0.1, -0.05) is 18.0 Å². The number of hydrogen-bond acceptors (Lipinski definition) is 6. The lowest BCUT2D eigenvalue weighted by molar-refractivity contribution is 0.213. The first-order valence-corrected chi connectivity index (χ1v) is 7.69. The molecule has 0 unspecified atom stereocenters. The van der Waals surface area contributed by atoms with Crippen LogP contribution in [0.4, 0.5) is 0 Å². The van der Waals surface area contributed by atoms with Crippen molar-refractivity contribution in [3.05, 3.63) is 28.9 Å². The summed E-state index contributed by atoms with van der Waals surface area (Å²) in [5, 5.41) is 3.59. The smallest absolute Gasteiger partial charge is 0.439 e. The van der Waals surface area contributed by atoms with Crippen LogP contribution in [0.5, 0.6) is 5.75 Å². The lowest BCUT2D eigenvalue weighted by atomic mass is 10.2. The maximum absolute atomic E-state index is 10.9. The summed E-state index contributed by atoms with van der Waals surface area (Å²) in [7, 11) is 0. The van der Waals surface area contributed by atoms with Crippen molar-refractivity contribution >= 4 is 0 Å². The predicted octanol–water partition coefficient (Wildman–Crippen LogP) is 1.68. The third-order valence-corrected chi connectivity index (χ3v) is 3.79. The SMILES string of the molecule is O=c1[nH]c(-c2ccc(OCCN3CCCCCC3)cn2)no1. The first kappa shape index (κ1) is 14.8. The first-order valence-electron chi connectivity index (χ1n) is 7.69. The second-order valence-corrected chi connectivity index (χ2v) is 5.43. The summed E-state index contributed by atoms with van der Waals surface area (Å²) in [4.78, 5) is 20.0. The fourth-order valence-corrected chi connectivity index (χ4v) is 2.60. The molecular weight excluding hydrogens is 284 g/mol. The molecule has 1 saturated heterocycles. The van der Waals surface area contributed by atoms with Crippen LogP contribution in [0.25, 0.3) is 11.5 Å². The summed E-state index contributed by atoms with van der Waals surface area (Å²) in [5.41, 5.74) is 0.547. The van der Waals surface area contributed by atoms with Gasteiger partial charge in [-0.05, 0) is 38.1 Å². The van der Waals surface area contributed by atoms with Crippen LogP contribution in [0.2, 0.25) is 0 Å². The number of aromatic nitrogens is 3. The molecule has 0 atom stereocenters. The summed E-state index contributed by atoms with van der Waals surface area (Å²) in [6.07, 6.45) is 6.88. The van der Waals surface area contributed by atoms with Crippen molar-refractivity contribution in [3.63, 3.8) is 0 Å². The van der Waals surface area contributed by atoms with Crippen molar-refractivity contribution in [2.24, 2.45) is 0 Å². The topological polar surface area (TPSA) is 84.3 Å². The van der Waals surface area contributed by atoms with Crippen molar-refractivity contribution < 1.29 is 9.26 Å². The van der Waals surface area contributed by atoms with Crippen LogP contribution < -0.4 is 10.5 Å². The molecule has 1 aliphatic rings. The van der Waals surface area contributed by atoms with Crippen molar-refractivity contribution in [3.8, 4) is 17.3 Å². The Bertz CT molecular complexity index is 627. The van der Waals surface area contributed by atoms with Crippen LogP contribution in [0.1, 0.15) is 25.7 Å². The minimum absolute atomic E-state index is 0.320. The molecule has 0 radical (unpaired) electrons. The molecule has 7 nitrogen and oxygen atoms in total. The fourth-order valence-electron chi connectivity index (χ4n) is 2.60. The Balaban J connectivity index is 1.49. The third-order valence-electron chi connectivity index (χ3n) is 3.79. The number of hydrogen-bond donors (Lipinski definition) is 1. The number of H-pyrrole nitrogens is 1. The minimum atomic E-state index is -0.588. The van der Waals surface area contributed by atoms with Gasteiger partial charge in [0.25, 0.3) is 0 Å². The molecule has 1 aliphatic heterocycles. The molecule has 0 amide bonds. The minimum Gasteiger partial charge on any atom is -0.491 e. The molecule has 0 saturated carbocycles. The van der Waals surface area contributed by atoms with Crippen LogP contribution in [-0.4, -0.2) is 46.3 Å². The maximum Gasteiger partial charge on any atom is 0.439 e. The number of rotatable bonds is 5. The molecular formula is C15H20N4O3. The van der Waals surface area contributed by atoms with E-state index in [-0.39, 0.29) is 0 Å². The number of aromatic amines is 1. The van der Waals surface area contributed by atoms with E-state index in [1.54, 1.807) is 12.3 Å². The molecule has 3 heterocycles. The number of likely N-dealkylation sites (tertiary alicyclic amines) is 1. The molecule has 7 heteroatoms. The van der Waals surface area contributed by atoms with E-state index in [1.807, 2.05) is 6.07 Å². The standard InChI is InChI=1S/C15H20N4O3/c20-15-17-14(18-22-15)13-6-5-12(11-16-13)21-10-9-19-7-3-1-2-4-8-19/h5-6,11H,1-4,7-10H2,(H,17,18,20). The zero-order chi connectivity index (χ0) is 15.2. The molecule has 0 aromatic carbocycles. The van der Waals surface area contributed by atoms with Crippen molar-refractivity contribution in [2.45, 2.75) is 25.7 Å². The van der Waals surface area contributed by atoms with Gasteiger partial charge in [-0.25, -0.2) is 9.78 Å². The second-order valence-electron chi connectivity index (χ2n) is 5.43. The van der Waals surface area contributed by atoms with E-state index in [0.717, 1.165) is 6.54 Å². The van der Waals surface area contributed by atoms with Crippen LogP contribution in [-0.2, 0) is 0 Å². The quantitative estimate of drug-likeness (QED) is 0.904. The highest BCUT2D eigenvalue weighted by Gasteiger charge is 2.09. The normalized spacial score (nSPS) is 16.4. The van der Waals surface area contributed by atoms with Gasteiger partial charge in [0.05, 0.1) is 6.20 Å². The first-order chi connectivity index (χ1) is 10.8. The van der Waals surface area contributed by atoms with Gasteiger partial charge in [-0.2, -0.15) is 0 Å². The lowest BCUT2D eigenvalue weighted by Crippen LogP contribution is -2.29. The molecule has 118 valence electrons. The summed E-state index contributed by atoms with van der Waals surface area (Å²) < 4.78 is 10.2. The molecule has 1 fully saturated rings. The maximum atomic E-state index is 10.9. The number of nitrogens with zero attached hydrogens (tertiary/aromatic N) is 3. The highest BCUT2D eigenvalue weighted by Crippen LogP contribution is 2.15. The van der Waals surface area contributed by atoms with Crippen molar-refractivity contribution in [1.82, 2.24) is 20.0 Å². The zero-order valence-corrected chi connectivity index (χ0v) is 12.5. The Morgan fingerprint density at radius 1 is 1.23 bits per heavy atom. The van der Waals surface area contributed by atoms with E-state index in [0.29, 0.717) is 23.9 Å². The molecule has 0 aliphatic carbocycles. The fraction of sp³-hybridized carbons (Fsp3) is 0.533. The van der Waals surface area contributed by atoms with E-state index in [1.165, 1.54) is 38.8 Å². The van der Waals surface area contributed by atoms with Crippen LogP contribution in [0, 0.1) is 0 Å². The zero-order valence-electron chi connectivity index (χ0n) is 12.5. The summed E-state index contributed by atoms with van der Waals surface area (Å²) in [6, 6.07) is 3.56. The monoisotopic (exact) mass is 304 g/mol. The molecule has 1 N–H and O–H groups in total. The average Bonchev–Trinajstić information content (AvgIpc) is 2.81. The van der Waals surface area contributed by atoms with Gasteiger partial charge in [0.1, 0.15) is 18.1 Å². The molecule has 2 aromatic rings. The molecule has 2 aromatic heterocycles. The van der Waals surface area contributed by atoms with Crippen LogP contribution >= 0.6 is 0 Å². The van der Waals surface area contributed by atoms with Gasteiger partial charge in [-0.3, -0.25) is 14.4 Å². The Kier molecular flexibility index (Phi) is 4.85. The van der Waals surface area contributed by atoms with Crippen molar-refractivity contribution in [2.75, 3.05) is 26.2 Å². The van der Waals surface area contributed by atoms with E-state index >= 15 is 0 Å². The highest BCUT2D eigenvalue weighted by molar-refractivity contribution is 5.48. The number of ether oxygens (including phenoxy) is 1. The number of pyridine rings is 1. The largest absolute Gasteiger partial charge is 0.491 e. The second kappa shape index (κ2) is 7.22. The van der Waals surface area contributed by atoms with E-state index in [2.05, 4.69) is 24.5 Å². The van der Waals surface area contributed by atoms with E-state index in [9.17, 15) is 4.79 Å². The average molecular weight is 304 g/mol. The van der Waals surface area contributed by atoms with Crippen LogP contribution in [0.3, 0.4) is 0 Å². The van der Waals surface area contributed by atoms with Crippen molar-refractivity contribution in [1.29, 1.82) is 0 Å². The predicted molar refractivity (Wildman–Crippen MR) is 80.8 cm³/mol. The van der Waals surface area contributed by atoms with Gasteiger partial charge >= 0.3 is 5.76 Å². The highest BCUT2D eigenvalue weighted by atomic mass is 16.5. The molecule has 3 rings (SSSR count). The van der Waals surface area contributed by atoms with Gasteiger partial charge in [0.2, 0.25) is 5.82 Å². The van der Waals surface area contributed by atoms with Crippen LogP contribution in [0.15, 0.2) is 27.6 Å². The van der Waals surface area contributed by atoms with E-state index in [4.69, 9.17) is 4.74 Å². The van der Waals surface area contributed by atoms with Gasteiger partial charge in [0.15, 0.2) is 0 Å². The molecule has 0 bridgehead atoms. The molecule has 0 spiro atoms. The summed E-state index contributed by atoms with van der Waals surface area (Å²) in [5.74, 6) is 0.445. The number of nitrogens with one attached hydrogen (secondary N) is 1. The summed E-state index contributed by atoms with van der Waals surface area (Å²) >= 11 is 0. The van der Waals surface area contributed by atoms with Gasteiger partial charge in [0, 0.05) is 6.54 Å².